The molecule has 0 saturated heterocycles. The van der Waals surface area contributed by atoms with Crippen molar-refractivity contribution in [2.45, 2.75) is 11.5 Å². The SMILES string of the molecule is O=S(=O)(Nc1cc(F)c(OCc2ccccn2)cc1F)c1c[nH]c2cc(Cl)ccc12. The third kappa shape index (κ3) is 4.07. The predicted octanol–water partition coefficient (Wildman–Crippen LogP) is 4.87. The summed E-state index contributed by atoms with van der Waals surface area (Å²) in [7, 11) is -4.20. The van der Waals surface area contributed by atoms with Gasteiger partial charge in [0, 0.05) is 40.5 Å². The summed E-state index contributed by atoms with van der Waals surface area (Å²) in [6.45, 7) is -0.0693. The van der Waals surface area contributed by atoms with E-state index in [1.54, 1.807) is 30.5 Å². The lowest BCUT2D eigenvalue weighted by atomic mass is 10.2. The van der Waals surface area contributed by atoms with E-state index in [0.717, 1.165) is 12.1 Å². The van der Waals surface area contributed by atoms with Crippen molar-refractivity contribution >= 4 is 38.2 Å². The maximum Gasteiger partial charge on any atom is 0.264 e. The normalized spacial score (nSPS) is 11.6. The Hall–Kier alpha value is -3.17. The van der Waals surface area contributed by atoms with Crippen LogP contribution in [0.3, 0.4) is 0 Å². The molecule has 0 bridgehead atoms. The number of ether oxygens (including phenoxy) is 1. The molecule has 2 aromatic heterocycles. The molecular formula is C20H14ClF2N3O3S. The van der Waals surface area contributed by atoms with Crippen LogP contribution in [0.2, 0.25) is 5.02 Å². The van der Waals surface area contributed by atoms with Gasteiger partial charge in [-0.15, -0.1) is 0 Å². The van der Waals surface area contributed by atoms with Crippen LogP contribution in [0.25, 0.3) is 10.9 Å². The van der Waals surface area contributed by atoms with Crippen molar-refractivity contribution in [3.05, 3.63) is 83.3 Å². The second-order valence-corrected chi connectivity index (χ2v) is 8.41. The van der Waals surface area contributed by atoms with Crippen LogP contribution < -0.4 is 9.46 Å². The Bertz CT molecular complexity index is 1330. The molecule has 30 heavy (non-hydrogen) atoms. The summed E-state index contributed by atoms with van der Waals surface area (Å²) in [6.07, 6.45) is 2.80. The molecule has 0 aliphatic carbocycles. The van der Waals surface area contributed by atoms with Crippen LogP contribution >= 0.6 is 11.6 Å². The summed E-state index contributed by atoms with van der Waals surface area (Å²) in [5.74, 6) is -2.27. The fraction of sp³-hybridized carbons (Fsp3) is 0.0500. The molecule has 10 heteroatoms. The number of aromatic amines is 1. The van der Waals surface area contributed by atoms with E-state index >= 15 is 0 Å². The smallest absolute Gasteiger partial charge is 0.264 e. The van der Waals surface area contributed by atoms with Crippen LogP contribution in [0.5, 0.6) is 5.75 Å². The lowest BCUT2D eigenvalue weighted by molar-refractivity contribution is 0.284. The number of rotatable bonds is 6. The summed E-state index contributed by atoms with van der Waals surface area (Å²) >= 11 is 5.90. The molecule has 0 fully saturated rings. The van der Waals surface area contributed by atoms with Crippen molar-refractivity contribution in [2.75, 3.05) is 4.72 Å². The van der Waals surface area contributed by atoms with Crippen molar-refractivity contribution in [3.63, 3.8) is 0 Å². The van der Waals surface area contributed by atoms with Gasteiger partial charge in [-0.2, -0.15) is 0 Å². The molecule has 2 heterocycles. The zero-order valence-electron chi connectivity index (χ0n) is 15.2. The van der Waals surface area contributed by atoms with Crippen LogP contribution in [0.4, 0.5) is 14.5 Å². The molecule has 0 saturated carbocycles. The molecular weight excluding hydrogens is 436 g/mol. The first-order valence-corrected chi connectivity index (χ1v) is 10.5. The lowest BCUT2D eigenvalue weighted by Gasteiger charge is -2.12. The Balaban J connectivity index is 1.58. The fourth-order valence-corrected chi connectivity index (χ4v) is 4.26. The average molecular weight is 450 g/mol. The minimum absolute atomic E-state index is 0.0693. The van der Waals surface area contributed by atoms with Crippen LogP contribution in [-0.2, 0) is 16.6 Å². The first-order chi connectivity index (χ1) is 14.3. The van der Waals surface area contributed by atoms with E-state index in [1.807, 2.05) is 0 Å². The van der Waals surface area contributed by atoms with Gasteiger partial charge in [-0.3, -0.25) is 9.71 Å². The van der Waals surface area contributed by atoms with Gasteiger partial charge in [0.1, 0.15) is 11.5 Å². The first kappa shape index (κ1) is 20.1. The zero-order chi connectivity index (χ0) is 21.3. The monoisotopic (exact) mass is 449 g/mol. The van der Waals surface area contributed by atoms with Gasteiger partial charge < -0.3 is 9.72 Å². The highest BCUT2D eigenvalue weighted by Crippen LogP contribution is 2.30. The van der Waals surface area contributed by atoms with Gasteiger partial charge in [0.05, 0.1) is 11.4 Å². The van der Waals surface area contributed by atoms with Gasteiger partial charge in [0.2, 0.25) is 0 Å². The summed E-state index contributed by atoms with van der Waals surface area (Å²) < 4.78 is 61.6. The van der Waals surface area contributed by atoms with Gasteiger partial charge in [-0.05, 0) is 30.3 Å². The van der Waals surface area contributed by atoms with Crippen LogP contribution in [-0.4, -0.2) is 18.4 Å². The molecule has 0 amide bonds. The van der Waals surface area contributed by atoms with Crippen LogP contribution in [0.15, 0.2) is 65.8 Å². The molecule has 0 unspecified atom stereocenters. The van der Waals surface area contributed by atoms with Crippen molar-refractivity contribution in [1.29, 1.82) is 0 Å². The van der Waals surface area contributed by atoms with Crippen LogP contribution in [0, 0.1) is 11.6 Å². The third-order valence-corrected chi connectivity index (χ3v) is 5.90. The van der Waals surface area contributed by atoms with Gasteiger partial charge >= 0.3 is 0 Å². The number of halogens is 3. The van der Waals surface area contributed by atoms with Gasteiger partial charge in [0.15, 0.2) is 17.4 Å². The highest BCUT2D eigenvalue weighted by atomic mass is 35.5. The van der Waals surface area contributed by atoms with E-state index in [1.165, 1.54) is 18.3 Å². The molecule has 0 aliphatic heterocycles. The number of nitrogens with one attached hydrogen (secondary N) is 2. The average Bonchev–Trinajstić information content (AvgIpc) is 3.14. The molecule has 4 rings (SSSR count). The van der Waals surface area contributed by atoms with Gasteiger partial charge in [-0.25, -0.2) is 17.2 Å². The lowest BCUT2D eigenvalue weighted by Crippen LogP contribution is -2.14. The first-order valence-electron chi connectivity index (χ1n) is 8.65. The van der Waals surface area contributed by atoms with E-state index in [9.17, 15) is 17.2 Å². The Morgan fingerprint density at radius 2 is 1.93 bits per heavy atom. The standard InChI is InChI=1S/C20H14ClF2N3O3S/c21-12-4-5-14-17(7-12)25-10-20(14)30(27,28)26-18-8-16(23)19(9-15(18)22)29-11-13-3-1-2-6-24-13/h1-10,25-26H,11H2. The number of H-pyrrole nitrogens is 1. The zero-order valence-corrected chi connectivity index (χ0v) is 16.8. The van der Waals surface area contributed by atoms with E-state index in [0.29, 0.717) is 21.6 Å². The van der Waals surface area contributed by atoms with Gasteiger partial charge in [0.25, 0.3) is 10.0 Å². The highest BCUT2D eigenvalue weighted by Gasteiger charge is 2.22. The molecule has 6 nitrogen and oxygen atoms in total. The number of anilines is 1. The maximum absolute atomic E-state index is 14.5. The number of aromatic nitrogens is 2. The quantitative estimate of drug-likeness (QED) is 0.439. The Kier molecular flexibility index (Phi) is 5.31. The second-order valence-electron chi connectivity index (χ2n) is 6.32. The third-order valence-electron chi connectivity index (χ3n) is 4.26. The number of benzene rings is 2. The van der Waals surface area contributed by atoms with E-state index < -0.39 is 27.3 Å². The van der Waals surface area contributed by atoms with E-state index in [2.05, 4.69) is 14.7 Å². The Morgan fingerprint density at radius 1 is 1.10 bits per heavy atom. The second kappa shape index (κ2) is 7.92. The van der Waals surface area contributed by atoms with Crippen molar-refractivity contribution in [2.24, 2.45) is 0 Å². The molecule has 0 aliphatic rings. The number of fused-ring (bicyclic) bond motifs is 1. The Labute approximate surface area is 175 Å². The molecule has 2 N–H and O–H groups in total. The minimum atomic E-state index is -4.20. The summed E-state index contributed by atoms with van der Waals surface area (Å²) in [6, 6.07) is 11.2. The topological polar surface area (TPSA) is 84.1 Å². The molecule has 4 aromatic rings. The molecule has 154 valence electrons. The highest BCUT2D eigenvalue weighted by molar-refractivity contribution is 7.93. The molecule has 0 spiro atoms. The number of hydrogen-bond acceptors (Lipinski definition) is 4. The fourth-order valence-electron chi connectivity index (χ4n) is 2.85. The maximum atomic E-state index is 14.5. The number of sulfonamides is 1. The van der Waals surface area contributed by atoms with Gasteiger partial charge in [-0.1, -0.05) is 17.7 Å². The van der Waals surface area contributed by atoms with Crippen molar-refractivity contribution < 1.29 is 21.9 Å². The number of nitrogens with zero attached hydrogens (tertiary/aromatic N) is 1. The summed E-state index contributed by atoms with van der Waals surface area (Å²) in [5, 5.41) is 0.791. The molecule has 2 aromatic carbocycles. The Morgan fingerprint density at radius 3 is 2.70 bits per heavy atom. The molecule has 0 radical (unpaired) electrons. The van der Waals surface area contributed by atoms with Crippen LogP contribution in [0.1, 0.15) is 5.69 Å². The molecule has 0 atom stereocenters. The minimum Gasteiger partial charge on any atom is -0.484 e. The predicted molar refractivity (Wildman–Crippen MR) is 109 cm³/mol. The van der Waals surface area contributed by atoms with E-state index in [-0.39, 0.29) is 17.3 Å². The largest absolute Gasteiger partial charge is 0.484 e. The summed E-state index contributed by atoms with van der Waals surface area (Å²) in [5.41, 5.74) is 0.482. The number of pyridine rings is 1. The number of hydrogen-bond donors (Lipinski definition) is 2. The summed E-state index contributed by atoms with van der Waals surface area (Å²) in [4.78, 5) is 6.70. The van der Waals surface area contributed by atoms with Crippen molar-refractivity contribution in [3.8, 4) is 5.75 Å². The van der Waals surface area contributed by atoms with E-state index in [4.69, 9.17) is 16.3 Å². The van der Waals surface area contributed by atoms with Crippen molar-refractivity contribution in [1.82, 2.24) is 9.97 Å².